The molecule has 0 spiro atoms. The lowest BCUT2D eigenvalue weighted by Crippen LogP contribution is -2.10. The van der Waals surface area contributed by atoms with E-state index in [1.165, 1.54) is 31.7 Å². The monoisotopic (exact) mass is 328 g/mol. The molecule has 0 aliphatic carbocycles. The molecule has 0 saturated heterocycles. The number of aromatic amines is 1. The van der Waals surface area contributed by atoms with E-state index in [0.29, 0.717) is 5.56 Å². The van der Waals surface area contributed by atoms with Crippen LogP contribution >= 0.6 is 23.2 Å². The number of phenolic OH excluding ortho intramolecular Hbond substituents is 1. The fourth-order valence-corrected chi connectivity index (χ4v) is 1.79. The normalized spacial score (nSPS) is 10.8. The van der Waals surface area contributed by atoms with Gasteiger partial charge in [-0.25, -0.2) is 5.10 Å². The zero-order chi connectivity index (χ0) is 15.4. The molecule has 21 heavy (non-hydrogen) atoms. The van der Waals surface area contributed by atoms with Crippen LogP contribution in [0.3, 0.4) is 0 Å². The van der Waals surface area contributed by atoms with E-state index in [0.717, 1.165) is 0 Å². The lowest BCUT2D eigenvalue weighted by molar-refractivity contribution is 0.373. The van der Waals surface area contributed by atoms with E-state index >= 15 is 0 Å². The molecule has 7 nitrogen and oxygen atoms in total. The van der Waals surface area contributed by atoms with Crippen molar-refractivity contribution in [1.82, 2.24) is 10.2 Å². The van der Waals surface area contributed by atoms with Gasteiger partial charge in [0.15, 0.2) is 11.5 Å². The Labute approximate surface area is 129 Å². The molecule has 2 rings (SSSR count). The van der Waals surface area contributed by atoms with Crippen molar-refractivity contribution < 1.29 is 9.84 Å². The number of nitrogens with zero attached hydrogens (tertiary/aromatic N) is 2. The van der Waals surface area contributed by atoms with E-state index in [4.69, 9.17) is 27.9 Å². The summed E-state index contributed by atoms with van der Waals surface area (Å²) in [4.78, 5) is 11.2. The molecule has 0 bridgehead atoms. The van der Waals surface area contributed by atoms with Gasteiger partial charge in [-0.05, 0) is 6.07 Å². The molecule has 0 atom stereocenters. The second-order valence-electron chi connectivity index (χ2n) is 3.84. The number of hydrazone groups is 1. The Morgan fingerprint density at radius 3 is 2.95 bits per heavy atom. The van der Waals surface area contributed by atoms with Crippen LogP contribution in [-0.4, -0.2) is 28.6 Å². The van der Waals surface area contributed by atoms with E-state index in [1.807, 2.05) is 0 Å². The van der Waals surface area contributed by atoms with Crippen LogP contribution in [0.2, 0.25) is 10.0 Å². The highest BCUT2D eigenvalue weighted by atomic mass is 35.5. The van der Waals surface area contributed by atoms with Gasteiger partial charge in [0.2, 0.25) is 0 Å². The molecule has 0 amide bonds. The van der Waals surface area contributed by atoms with Crippen molar-refractivity contribution in [3.8, 4) is 11.5 Å². The lowest BCUT2D eigenvalue weighted by atomic mass is 10.2. The number of methoxy groups -OCH3 is 1. The van der Waals surface area contributed by atoms with E-state index in [9.17, 15) is 9.90 Å². The highest BCUT2D eigenvalue weighted by molar-refractivity contribution is 6.33. The van der Waals surface area contributed by atoms with Crippen molar-refractivity contribution in [3.05, 3.63) is 44.3 Å². The number of rotatable bonds is 4. The summed E-state index contributed by atoms with van der Waals surface area (Å²) in [5.41, 5.74) is 2.80. The maximum Gasteiger partial charge on any atom is 0.285 e. The number of aromatic hydroxyl groups is 1. The molecule has 0 aliphatic heterocycles. The smallest absolute Gasteiger partial charge is 0.285 e. The molecule has 0 radical (unpaired) electrons. The molecular weight excluding hydrogens is 319 g/mol. The fourth-order valence-electron chi connectivity index (χ4n) is 1.45. The van der Waals surface area contributed by atoms with Crippen LogP contribution in [0, 0.1) is 0 Å². The highest BCUT2D eigenvalue weighted by Crippen LogP contribution is 2.31. The first-order valence-corrected chi connectivity index (χ1v) is 6.37. The first-order chi connectivity index (χ1) is 10.0. The first-order valence-electron chi connectivity index (χ1n) is 5.61. The number of phenols is 1. The molecule has 0 unspecified atom stereocenters. The van der Waals surface area contributed by atoms with Gasteiger partial charge in [-0.3, -0.25) is 10.2 Å². The Hall–Kier alpha value is -2.25. The summed E-state index contributed by atoms with van der Waals surface area (Å²) in [6.45, 7) is 0. The topological polar surface area (TPSA) is 99.6 Å². The van der Waals surface area contributed by atoms with Crippen molar-refractivity contribution in [2.24, 2.45) is 5.10 Å². The Balaban J connectivity index is 2.22. The van der Waals surface area contributed by atoms with Crippen molar-refractivity contribution >= 4 is 35.1 Å². The third-order valence-electron chi connectivity index (χ3n) is 2.48. The molecule has 2 aromatic rings. The Morgan fingerprint density at radius 1 is 1.48 bits per heavy atom. The van der Waals surface area contributed by atoms with Crippen LogP contribution in [-0.2, 0) is 0 Å². The standard InChI is InChI=1S/C12H10Cl2N4O3/c1-21-10-2-6(7(13)3-9(10)19)4-15-17-8-5-16-18-12(20)11(8)14/h2-5,19H,1H3,(H2,17,18,20)/b15-4+. The number of aromatic nitrogens is 2. The van der Waals surface area contributed by atoms with Crippen molar-refractivity contribution in [2.75, 3.05) is 12.5 Å². The maximum atomic E-state index is 11.2. The third kappa shape index (κ3) is 3.45. The predicted octanol–water partition coefficient (Wildman–Crippen LogP) is 2.24. The van der Waals surface area contributed by atoms with Crippen LogP contribution in [0.25, 0.3) is 0 Å². The van der Waals surface area contributed by atoms with E-state index < -0.39 is 5.56 Å². The number of halogens is 2. The SMILES string of the molecule is COc1cc(/C=N/Nc2cn[nH]c(=O)c2Cl)c(Cl)cc1O. The molecule has 1 aromatic carbocycles. The number of ether oxygens (including phenoxy) is 1. The van der Waals surface area contributed by atoms with Crippen LogP contribution in [0.15, 0.2) is 28.2 Å². The molecule has 9 heteroatoms. The summed E-state index contributed by atoms with van der Waals surface area (Å²) in [6, 6.07) is 2.85. The molecule has 110 valence electrons. The van der Waals surface area contributed by atoms with Gasteiger partial charge in [-0.1, -0.05) is 23.2 Å². The summed E-state index contributed by atoms with van der Waals surface area (Å²) in [5.74, 6) is 0.186. The predicted molar refractivity (Wildman–Crippen MR) is 80.8 cm³/mol. The second kappa shape index (κ2) is 6.47. The molecule has 1 aromatic heterocycles. The average Bonchev–Trinajstić information content (AvgIpc) is 2.45. The van der Waals surface area contributed by atoms with Gasteiger partial charge in [-0.15, -0.1) is 0 Å². The molecule has 0 saturated carbocycles. The Bertz CT molecular complexity index is 746. The second-order valence-corrected chi connectivity index (χ2v) is 4.63. The first kappa shape index (κ1) is 15.1. The number of nitrogens with one attached hydrogen (secondary N) is 2. The van der Waals surface area contributed by atoms with Gasteiger partial charge in [0.25, 0.3) is 5.56 Å². The van der Waals surface area contributed by atoms with E-state index in [1.54, 1.807) is 0 Å². The van der Waals surface area contributed by atoms with Crippen LogP contribution in [0.1, 0.15) is 5.56 Å². The summed E-state index contributed by atoms with van der Waals surface area (Å²) >= 11 is 11.7. The lowest BCUT2D eigenvalue weighted by Gasteiger charge is -2.06. The maximum absolute atomic E-state index is 11.2. The third-order valence-corrected chi connectivity index (χ3v) is 3.18. The van der Waals surface area contributed by atoms with Gasteiger partial charge in [0, 0.05) is 11.6 Å². The molecular formula is C12H10Cl2N4O3. The van der Waals surface area contributed by atoms with Gasteiger partial charge in [0.1, 0.15) is 10.7 Å². The number of benzene rings is 1. The zero-order valence-corrected chi connectivity index (χ0v) is 12.2. The summed E-state index contributed by atoms with van der Waals surface area (Å²) in [5, 5.41) is 19.5. The van der Waals surface area contributed by atoms with Crippen LogP contribution < -0.4 is 15.7 Å². The minimum atomic E-state index is -0.527. The van der Waals surface area contributed by atoms with Crippen molar-refractivity contribution in [1.29, 1.82) is 0 Å². The highest BCUT2D eigenvalue weighted by Gasteiger charge is 2.07. The number of hydrogen-bond donors (Lipinski definition) is 3. The van der Waals surface area contributed by atoms with Crippen LogP contribution in [0.5, 0.6) is 11.5 Å². The summed E-state index contributed by atoms with van der Waals surface area (Å²) in [6.07, 6.45) is 2.71. The molecule has 3 N–H and O–H groups in total. The minimum absolute atomic E-state index is 0.0588. The number of hydrogen-bond acceptors (Lipinski definition) is 6. The average molecular weight is 329 g/mol. The fraction of sp³-hybridized carbons (Fsp3) is 0.0833. The van der Waals surface area contributed by atoms with Gasteiger partial charge >= 0.3 is 0 Å². The largest absolute Gasteiger partial charge is 0.504 e. The van der Waals surface area contributed by atoms with E-state index in [-0.39, 0.29) is 27.2 Å². The minimum Gasteiger partial charge on any atom is -0.504 e. The summed E-state index contributed by atoms with van der Waals surface area (Å²) < 4.78 is 4.97. The zero-order valence-electron chi connectivity index (χ0n) is 10.7. The quantitative estimate of drug-likeness (QED) is 0.590. The molecule has 0 fully saturated rings. The van der Waals surface area contributed by atoms with Gasteiger partial charge in [0.05, 0.1) is 24.5 Å². The van der Waals surface area contributed by atoms with Gasteiger partial charge < -0.3 is 9.84 Å². The van der Waals surface area contributed by atoms with Crippen molar-refractivity contribution in [2.45, 2.75) is 0 Å². The van der Waals surface area contributed by atoms with Crippen LogP contribution in [0.4, 0.5) is 5.69 Å². The Kier molecular flexibility index (Phi) is 4.66. The molecule has 0 aliphatic rings. The van der Waals surface area contributed by atoms with Crippen molar-refractivity contribution in [3.63, 3.8) is 0 Å². The number of H-pyrrole nitrogens is 1. The van der Waals surface area contributed by atoms with E-state index in [2.05, 4.69) is 20.7 Å². The molecule has 1 heterocycles. The number of anilines is 1. The van der Waals surface area contributed by atoms with Gasteiger partial charge in [-0.2, -0.15) is 10.2 Å². The summed E-state index contributed by atoms with van der Waals surface area (Å²) in [7, 11) is 1.42. The Morgan fingerprint density at radius 2 is 2.24 bits per heavy atom.